The average Bonchev–Trinajstić information content (AvgIpc) is 2.92. The molecule has 2 fully saturated rings. The fraction of sp³-hybridized carbons (Fsp3) is 0.643. The van der Waals surface area contributed by atoms with Crippen molar-refractivity contribution in [3.8, 4) is 5.75 Å². The third-order valence-corrected chi connectivity index (χ3v) is 5.66. The zero-order valence-electron chi connectivity index (χ0n) is 12.3. The number of ether oxygens (including phenoxy) is 1. The molecular formula is C14H21N3O3S. The lowest BCUT2D eigenvalue weighted by Crippen LogP contribution is -2.44. The number of amides is 1. The van der Waals surface area contributed by atoms with E-state index in [0.717, 1.165) is 30.7 Å². The highest BCUT2D eigenvalue weighted by Gasteiger charge is 2.43. The monoisotopic (exact) mass is 311 g/mol. The smallest absolute Gasteiger partial charge is 0.263 e. The Kier molecular flexibility index (Phi) is 3.71. The maximum atomic E-state index is 11.9. The molecule has 4 N–H and O–H groups in total. The maximum Gasteiger partial charge on any atom is 0.263 e. The Morgan fingerprint density at radius 3 is 2.57 bits per heavy atom. The van der Waals surface area contributed by atoms with Crippen LogP contribution in [0.15, 0.2) is 0 Å². The maximum absolute atomic E-state index is 11.9. The molecule has 1 aromatic heterocycles. The summed E-state index contributed by atoms with van der Waals surface area (Å²) < 4.78 is 5.46. The molecule has 116 valence electrons. The SMILES string of the molecule is CNC(=O)c1sc(N2C3CCC2CC(O)C3)c(OC)c1N. The van der Waals surface area contributed by atoms with Gasteiger partial charge < -0.3 is 25.8 Å². The van der Waals surface area contributed by atoms with Crippen molar-refractivity contribution in [3.63, 3.8) is 0 Å². The van der Waals surface area contributed by atoms with Crippen LogP contribution in [0.2, 0.25) is 0 Å². The molecule has 2 aliphatic rings. The molecule has 2 bridgehead atoms. The molecule has 21 heavy (non-hydrogen) atoms. The van der Waals surface area contributed by atoms with Crippen LogP contribution in [0.1, 0.15) is 35.4 Å². The van der Waals surface area contributed by atoms with E-state index in [1.807, 2.05) is 0 Å². The highest BCUT2D eigenvalue weighted by atomic mass is 32.1. The lowest BCUT2D eigenvalue weighted by molar-refractivity contribution is 0.0967. The molecule has 0 radical (unpaired) electrons. The van der Waals surface area contributed by atoms with Gasteiger partial charge in [0.05, 0.1) is 13.2 Å². The second-order valence-corrected chi connectivity index (χ2v) is 6.68. The molecule has 2 atom stereocenters. The Morgan fingerprint density at radius 1 is 1.43 bits per heavy atom. The molecule has 7 heteroatoms. The standard InChI is InChI=1S/C14H21N3O3S/c1-16-13(19)12-10(15)11(20-2)14(21-12)17-7-3-4-8(17)6-9(18)5-7/h7-9,18H,3-6,15H2,1-2H3,(H,16,19). The zero-order chi connectivity index (χ0) is 15.1. The molecule has 2 unspecified atom stereocenters. The molecule has 2 saturated heterocycles. The highest BCUT2D eigenvalue weighted by molar-refractivity contribution is 7.19. The van der Waals surface area contributed by atoms with Crippen LogP contribution in [0.5, 0.6) is 5.75 Å². The number of nitrogens with two attached hydrogens (primary N) is 1. The molecule has 0 saturated carbocycles. The minimum atomic E-state index is -0.222. The number of carbonyl (C=O) groups excluding carboxylic acids is 1. The summed E-state index contributed by atoms with van der Waals surface area (Å²) in [4.78, 5) is 14.7. The van der Waals surface area contributed by atoms with Crippen molar-refractivity contribution in [2.45, 2.75) is 43.9 Å². The quantitative estimate of drug-likeness (QED) is 0.780. The second-order valence-electron chi connectivity index (χ2n) is 5.68. The van der Waals surface area contributed by atoms with Gasteiger partial charge in [0.1, 0.15) is 15.6 Å². The van der Waals surface area contributed by atoms with Crippen molar-refractivity contribution in [3.05, 3.63) is 4.88 Å². The predicted molar refractivity (Wildman–Crippen MR) is 83.2 cm³/mol. The number of fused-ring (bicyclic) bond motifs is 2. The van der Waals surface area contributed by atoms with E-state index in [0.29, 0.717) is 28.4 Å². The first-order chi connectivity index (χ1) is 10.1. The van der Waals surface area contributed by atoms with Crippen LogP contribution in [0.3, 0.4) is 0 Å². The number of nitrogens with one attached hydrogen (secondary N) is 1. The molecule has 0 aromatic carbocycles. The average molecular weight is 311 g/mol. The molecule has 0 spiro atoms. The van der Waals surface area contributed by atoms with Gasteiger partial charge in [-0.1, -0.05) is 0 Å². The third kappa shape index (κ3) is 2.24. The summed E-state index contributed by atoms with van der Waals surface area (Å²) in [5.74, 6) is 0.401. The number of rotatable bonds is 3. The molecule has 2 aliphatic heterocycles. The lowest BCUT2D eigenvalue weighted by atomic mass is 10.0. The Hall–Kier alpha value is -1.47. The number of nitrogen functional groups attached to an aromatic ring is 1. The number of thiophene rings is 1. The van der Waals surface area contributed by atoms with E-state index in [1.165, 1.54) is 11.3 Å². The first-order valence-corrected chi connectivity index (χ1v) is 8.03. The van der Waals surface area contributed by atoms with Crippen LogP contribution >= 0.6 is 11.3 Å². The predicted octanol–water partition coefficient (Wildman–Crippen LogP) is 1.19. The van der Waals surface area contributed by atoms with E-state index in [9.17, 15) is 9.90 Å². The molecule has 1 aromatic rings. The molecule has 0 aliphatic carbocycles. The molecular weight excluding hydrogens is 290 g/mol. The van der Waals surface area contributed by atoms with Crippen molar-refractivity contribution in [2.75, 3.05) is 24.8 Å². The first kappa shape index (κ1) is 14.5. The second kappa shape index (κ2) is 5.38. The number of anilines is 2. The normalized spacial score (nSPS) is 27.8. The number of hydrogen-bond acceptors (Lipinski definition) is 6. The van der Waals surface area contributed by atoms with Crippen molar-refractivity contribution < 1.29 is 14.6 Å². The minimum Gasteiger partial charge on any atom is -0.492 e. The zero-order valence-corrected chi connectivity index (χ0v) is 13.1. The van der Waals surface area contributed by atoms with Gasteiger partial charge in [-0.05, 0) is 25.7 Å². The van der Waals surface area contributed by atoms with Crippen LogP contribution in [-0.4, -0.2) is 43.4 Å². The number of piperidine rings is 1. The lowest BCUT2D eigenvalue weighted by Gasteiger charge is -2.38. The van der Waals surface area contributed by atoms with E-state index in [1.54, 1.807) is 14.2 Å². The Bertz CT molecular complexity index is 546. The van der Waals surface area contributed by atoms with Gasteiger partial charge >= 0.3 is 0 Å². The molecule has 6 nitrogen and oxygen atoms in total. The Labute approximate surface area is 127 Å². The van der Waals surface area contributed by atoms with Crippen molar-refractivity contribution in [1.82, 2.24) is 5.32 Å². The van der Waals surface area contributed by atoms with Gasteiger partial charge in [0, 0.05) is 19.1 Å². The fourth-order valence-electron chi connectivity index (χ4n) is 3.55. The van der Waals surface area contributed by atoms with Crippen molar-refractivity contribution in [2.24, 2.45) is 0 Å². The molecule has 3 rings (SSSR count). The summed E-state index contributed by atoms with van der Waals surface area (Å²) >= 11 is 1.38. The third-order valence-electron chi connectivity index (χ3n) is 4.46. The minimum absolute atomic E-state index is 0.188. The number of aliphatic hydroxyl groups is 1. The van der Waals surface area contributed by atoms with Crippen LogP contribution in [-0.2, 0) is 0 Å². The van der Waals surface area contributed by atoms with Gasteiger partial charge in [0.2, 0.25) is 0 Å². The Balaban J connectivity index is 2.01. The fourth-order valence-corrected chi connectivity index (χ4v) is 4.83. The van der Waals surface area contributed by atoms with Gasteiger partial charge in [0.15, 0.2) is 5.75 Å². The van der Waals surface area contributed by atoms with E-state index < -0.39 is 0 Å². The Morgan fingerprint density at radius 2 is 2.05 bits per heavy atom. The van der Waals surface area contributed by atoms with Gasteiger partial charge in [-0.25, -0.2) is 0 Å². The molecule has 1 amide bonds. The van der Waals surface area contributed by atoms with E-state index in [4.69, 9.17) is 10.5 Å². The van der Waals surface area contributed by atoms with Gasteiger partial charge in [0.25, 0.3) is 5.91 Å². The van der Waals surface area contributed by atoms with Crippen LogP contribution in [0.25, 0.3) is 0 Å². The number of carbonyl (C=O) groups is 1. The highest BCUT2D eigenvalue weighted by Crippen LogP contribution is 2.50. The van der Waals surface area contributed by atoms with Gasteiger partial charge in [-0.15, -0.1) is 11.3 Å². The first-order valence-electron chi connectivity index (χ1n) is 7.21. The number of aliphatic hydroxyl groups excluding tert-OH is 1. The van der Waals surface area contributed by atoms with Crippen molar-refractivity contribution >= 4 is 27.9 Å². The number of hydrogen-bond donors (Lipinski definition) is 3. The summed E-state index contributed by atoms with van der Waals surface area (Å²) in [6.45, 7) is 0. The summed E-state index contributed by atoms with van der Waals surface area (Å²) in [6, 6.07) is 0.617. The summed E-state index contributed by atoms with van der Waals surface area (Å²) in [5, 5.41) is 13.5. The van der Waals surface area contributed by atoms with Crippen LogP contribution < -0.4 is 20.7 Å². The number of nitrogens with zero attached hydrogens (tertiary/aromatic N) is 1. The molecule has 3 heterocycles. The summed E-state index contributed by atoms with van der Waals surface area (Å²) in [5.41, 5.74) is 6.49. The van der Waals surface area contributed by atoms with E-state index in [-0.39, 0.29) is 12.0 Å². The summed E-state index contributed by atoms with van der Waals surface area (Å²) in [6.07, 6.45) is 3.45. The number of methoxy groups -OCH3 is 1. The van der Waals surface area contributed by atoms with E-state index >= 15 is 0 Å². The van der Waals surface area contributed by atoms with Crippen LogP contribution in [0, 0.1) is 0 Å². The van der Waals surface area contributed by atoms with Gasteiger partial charge in [-0.3, -0.25) is 4.79 Å². The van der Waals surface area contributed by atoms with Gasteiger partial charge in [-0.2, -0.15) is 0 Å². The summed E-state index contributed by atoms with van der Waals surface area (Å²) in [7, 11) is 3.17. The van der Waals surface area contributed by atoms with Crippen molar-refractivity contribution in [1.29, 1.82) is 0 Å². The van der Waals surface area contributed by atoms with Crippen LogP contribution in [0.4, 0.5) is 10.7 Å². The topological polar surface area (TPSA) is 87.8 Å². The van der Waals surface area contributed by atoms with E-state index in [2.05, 4.69) is 10.2 Å². The largest absolute Gasteiger partial charge is 0.492 e.